The van der Waals surface area contributed by atoms with E-state index in [1.54, 1.807) is 0 Å². The fraction of sp³-hybridized carbons (Fsp3) is 0.0769. The molecule has 0 N–H and O–H groups in total. The predicted octanol–water partition coefficient (Wildman–Crippen LogP) is 5.95. The zero-order valence-corrected chi connectivity index (χ0v) is 17.9. The van der Waals surface area contributed by atoms with Crippen LogP contribution in [-0.2, 0) is 7.05 Å². The number of nitrogens with zero attached hydrogens (tertiary/aromatic N) is 3. The number of aromatic nitrogens is 1. The monoisotopic (exact) mass is 425 g/mol. The van der Waals surface area contributed by atoms with Gasteiger partial charge in [0.1, 0.15) is 11.3 Å². The van der Waals surface area contributed by atoms with Gasteiger partial charge in [-0.1, -0.05) is 78.9 Å². The molecule has 0 aliphatic rings. The minimum absolute atomic E-state index is 0.0126. The van der Waals surface area contributed by atoms with Gasteiger partial charge in [0.15, 0.2) is 0 Å². The van der Waals surface area contributed by atoms with Crippen LogP contribution in [0.25, 0.3) is 22.4 Å². The van der Waals surface area contributed by atoms with Crippen molar-refractivity contribution in [2.24, 2.45) is 16.9 Å². The topological polar surface area (TPSA) is 29.6 Å². The van der Waals surface area contributed by atoms with Crippen LogP contribution in [-0.4, -0.2) is 17.8 Å². The number of amidine groups is 1. The second kappa shape index (κ2) is 9.56. The summed E-state index contributed by atoms with van der Waals surface area (Å²) in [7, 11) is -1.04. The molecule has 4 aromatic rings. The molecule has 0 saturated heterocycles. The van der Waals surface area contributed by atoms with E-state index in [9.17, 15) is 8.63 Å². The van der Waals surface area contributed by atoms with Crippen molar-refractivity contribution in [3.05, 3.63) is 113 Å². The van der Waals surface area contributed by atoms with Crippen LogP contribution in [0, 0.1) is 6.92 Å². The number of fused-ring (bicyclic) bond motifs is 1. The SMILES string of the molecule is Cc1ccccc1\C=C(C(=N/B(F)F)/N=c1/c2ccccc2ccn1C)\c1ccccc1. The number of hydrogen-bond acceptors (Lipinski definition) is 1. The number of pyridine rings is 1. The van der Waals surface area contributed by atoms with Gasteiger partial charge in [0, 0.05) is 24.2 Å². The van der Waals surface area contributed by atoms with Crippen LogP contribution in [0.3, 0.4) is 0 Å². The Kier molecular flexibility index (Phi) is 6.40. The maximum absolute atomic E-state index is 13.6. The first-order chi connectivity index (χ1) is 15.5. The molecule has 0 aliphatic carbocycles. The number of halogens is 2. The van der Waals surface area contributed by atoms with Gasteiger partial charge in [-0.3, -0.25) is 13.5 Å². The highest BCUT2D eigenvalue weighted by molar-refractivity contribution is 6.46. The number of benzene rings is 3. The molecule has 0 unspecified atom stereocenters. The summed E-state index contributed by atoms with van der Waals surface area (Å²) in [5.41, 5.74) is 3.82. The van der Waals surface area contributed by atoms with Gasteiger partial charge in [0.2, 0.25) is 0 Å². The lowest BCUT2D eigenvalue weighted by Crippen LogP contribution is -2.21. The van der Waals surface area contributed by atoms with E-state index in [1.807, 2.05) is 116 Å². The molecular weight excluding hydrogens is 403 g/mol. The number of aryl methyl sites for hydroxylation is 2. The molecule has 3 nitrogen and oxygen atoms in total. The molecule has 0 spiro atoms. The molecule has 0 aliphatic heterocycles. The lowest BCUT2D eigenvalue weighted by atomic mass is 9.99. The van der Waals surface area contributed by atoms with Crippen LogP contribution < -0.4 is 5.49 Å². The maximum Gasteiger partial charge on any atom is 0.694 e. The minimum Gasteiger partial charge on any atom is -0.335 e. The van der Waals surface area contributed by atoms with Gasteiger partial charge in [0.05, 0.1) is 0 Å². The van der Waals surface area contributed by atoms with Gasteiger partial charge in [0.25, 0.3) is 0 Å². The molecule has 1 heterocycles. The normalized spacial score (nSPS) is 12.9. The van der Waals surface area contributed by atoms with Gasteiger partial charge in [-0.2, -0.15) is 0 Å². The third-order valence-electron chi connectivity index (χ3n) is 5.26. The molecule has 0 saturated carbocycles. The van der Waals surface area contributed by atoms with Gasteiger partial charge >= 0.3 is 7.40 Å². The van der Waals surface area contributed by atoms with Gasteiger partial charge in [-0.25, -0.2) is 4.99 Å². The predicted molar refractivity (Wildman–Crippen MR) is 129 cm³/mol. The summed E-state index contributed by atoms with van der Waals surface area (Å²) < 4.78 is 29.0. The van der Waals surface area contributed by atoms with Crippen molar-refractivity contribution in [2.45, 2.75) is 6.92 Å². The summed E-state index contributed by atoms with van der Waals surface area (Å²) >= 11 is 0. The Balaban J connectivity index is 2.02. The molecule has 6 heteroatoms. The zero-order chi connectivity index (χ0) is 22.5. The Bertz CT molecular complexity index is 1370. The van der Waals surface area contributed by atoms with Crippen molar-refractivity contribution in [2.75, 3.05) is 0 Å². The molecule has 4 rings (SSSR count). The quantitative estimate of drug-likeness (QED) is 0.167. The molecule has 32 heavy (non-hydrogen) atoms. The highest BCUT2D eigenvalue weighted by atomic mass is 19.2. The third kappa shape index (κ3) is 4.75. The fourth-order valence-corrected chi connectivity index (χ4v) is 3.59. The van der Waals surface area contributed by atoms with E-state index in [0.29, 0.717) is 11.1 Å². The summed E-state index contributed by atoms with van der Waals surface area (Å²) in [4.78, 5) is 8.35. The van der Waals surface area contributed by atoms with E-state index in [-0.39, 0.29) is 5.84 Å². The van der Waals surface area contributed by atoms with E-state index in [4.69, 9.17) is 4.99 Å². The molecule has 1 aromatic heterocycles. The molecule has 0 bridgehead atoms. The summed E-state index contributed by atoms with van der Waals surface area (Å²) in [5.74, 6) is -0.0126. The van der Waals surface area contributed by atoms with Crippen molar-refractivity contribution in [1.82, 2.24) is 4.57 Å². The maximum atomic E-state index is 13.6. The van der Waals surface area contributed by atoms with Crippen LogP contribution in [0.5, 0.6) is 0 Å². The average molecular weight is 425 g/mol. The molecule has 0 amide bonds. The van der Waals surface area contributed by atoms with E-state index in [1.165, 1.54) is 0 Å². The second-order valence-corrected chi connectivity index (χ2v) is 7.46. The highest BCUT2D eigenvalue weighted by Gasteiger charge is 2.18. The van der Waals surface area contributed by atoms with E-state index in [0.717, 1.165) is 27.5 Å². The Hall–Kier alpha value is -3.80. The Morgan fingerprint density at radius 1 is 0.875 bits per heavy atom. The third-order valence-corrected chi connectivity index (χ3v) is 5.26. The van der Waals surface area contributed by atoms with Crippen molar-refractivity contribution in [3.63, 3.8) is 0 Å². The summed E-state index contributed by atoms with van der Waals surface area (Å²) in [6.07, 6.45) is 3.74. The first-order valence-electron chi connectivity index (χ1n) is 10.3. The van der Waals surface area contributed by atoms with E-state index in [2.05, 4.69) is 4.90 Å². The van der Waals surface area contributed by atoms with Crippen molar-refractivity contribution in [1.29, 1.82) is 0 Å². The van der Waals surface area contributed by atoms with Crippen LogP contribution in [0.2, 0.25) is 0 Å². The fourth-order valence-electron chi connectivity index (χ4n) is 3.59. The molecule has 0 atom stereocenters. The lowest BCUT2D eigenvalue weighted by molar-refractivity contribution is 0.662. The van der Waals surface area contributed by atoms with Crippen LogP contribution >= 0.6 is 0 Å². The Morgan fingerprint density at radius 2 is 1.56 bits per heavy atom. The summed E-state index contributed by atoms with van der Waals surface area (Å²) in [6, 6.07) is 26.9. The van der Waals surface area contributed by atoms with Crippen molar-refractivity contribution in [3.8, 4) is 0 Å². The van der Waals surface area contributed by atoms with Crippen molar-refractivity contribution < 1.29 is 8.63 Å². The van der Waals surface area contributed by atoms with Crippen molar-refractivity contribution >= 4 is 35.7 Å². The summed E-state index contributed by atoms with van der Waals surface area (Å²) in [5, 5.41) is 1.84. The largest absolute Gasteiger partial charge is 0.694 e. The second-order valence-electron chi connectivity index (χ2n) is 7.46. The first-order valence-corrected chi connectivity index (χ1v) is 10.3. The zero-order valence-electron chi connectivity index (χ0n) is 17.9. The highest BCUT2D eigenvalue weighted by Crippen LogP contribution is 2.23. The first kappa shape index (κ1) is 21.4. The molecular formula is C26H22BF2N3. The number of hydrogen-bond donors (Lipinski definition) is 0. The molecule has 3 aromatic carbocycles. The Labute approximate surface area is 186 Å². The summed E-state index contributed by atoms with van der Waals surface area (Å²) in [6.45, 7) is 1.99. The standard InChI is InChI=1S/C26H22BF2N3/c1-19-10-6-7-14-22(19)18-24(20-11-4-3-5-12-20)25(31-27(28)29)30-26-23-15-9-8-13-21(23)16-17-32(26)2/h3-18H,1-2H3/b24-18-,30-26-,31-25-. The molecule has 0 radical (unpaired) electrons. The molecule has 158 valence electrons. The van der Waals surface area contributed by atoms with Gasteiger partial charge in [-0.05, 0) is 41.1 Å². The minimum atomic E-state index is -2.89. The molecule has 0 fully saturated rings. The van der Waals surface area contributed by atoms with Gasteiger partial charge < -0.3 is 4.57 Å². The smallest absolute Gasteiger partial charge is 0.335 e. The van der Waals surface area contributed by atoms with Crippen LogP contribution in [0.15, 0.2) is 101 Å². The number of rotatable bonds is 4. The average Bonchev–Trinajstić information content (AvgIpc) is 2.80. The van der Waals surface area contributed by atoms with Gasteiger partial charge in [-0.15, -0.1) is 0 Å². The van der Waals surface area contributed by atoms with Crippen LogP contribution in [0.4, 0.5) is 8.63 Å². The lowest BCUT2D eigenvalue weighted by Gasteiger charge is -2.11. The van der Waals surface area contributed by atoms with E-state index >= 15 is 0 Å². The van der Waals surface area contributed by atoms with Crippen LogP contribution in [0.1, 0.15) is 16.7 Å². The Morgan fingerprint density at radius 3 is 2.31 bits per heavy atom. The van der Waals surface area contributed by atoms with E-state index < -0.39 is 7.40 Å².